The highest BCUT2D eigenvalue weighted by Crippen LogP contribution is 2.48. The molecule has 11 heteroatoms. The van der Waals surface area contributed by atoms with Crippen LogP contribution < -0.4 is 15.5 Å². The van der Waals surface area contributed by atoms with Gasteiger partial charge in [0, 0.05) is 43.2 Å². The van der Waals surface area contributed by atoms with Crippen LogP contribution in [0.15, 0.2) is 12.4 Å². The zero-order chi connectivity index (χ0) is 25.8. The molecule has 3 atom stereocenters. The SMILES string of the molecule is C[C@H]1COCCN1c1nc(-c2cnc(N)nc2)c2c(n1)N([C@@]1(C)CCN(C(=O)O)C1C(C)(C)C)CC2. The average Bonchev–Trinajstić information content (AvgIpc) is 3.41. The highest BCUT2D eigenvalue weighted by atomic mass is 16.5. The van der Waals surface area contributed by atoms with Crippen LogP contribution in [0.2, 0.25) is 0 Å². The molecule has 0 radical (unpaired) electrons. The van der Waals surface area contributed by atoms with Gasteiger partial charge < -0.3 is 30.3 Å². The van der Waals surface area contributed by atoms with Gasteiger partial charge in [-0.25, -0.2) is 19.7 Å². The Morgan fingerprint density at radius 1 is 1.19 bits per heavy atom. The molecule has 0 spiro atoms. The number of likely N-dealkylation sites (tertiary alicyclic amines) is 1. The first-order valence-electron chi connectivity index (χ1n) is 12.6. The molecular formula is C25H36N8O3. The molecule has 36 heavy (non-hydrogen) atoms. The molecule has 2 aromatic rings. The first kappa shape index (κ1) is 24.5. The summed E-state index contributed by atoms with van der Waals surface area (Å²) in [5, 5.41) is 10.0. The molecule has 2 aromatic heterocycles. The molecule has 5 heterocycles. The van der Waals surface area contributed by atoms with Gasteiger partial charge in [-0.3, -0.25) is 0 Å². The number of hydrogen-bond acceptors (Lipinski definition) is 9. The third kappa shape index (κ3) is 3.99. The van der Waals surface area contributed by atoms with Crippen LogP contribution in [0.5, 0.6) is 0 Å². The van der Waals surface area contributed by atoms with Gasteiger partial charge in [0.2, 0.25) is 11.9 Å². The van der Waals surface area contributed by atoms with Gasteiger partial charge in [-0.05, 0) is 32.1 Å². The number of nitrogen functional groups attached to an aromatic ring is 1. The highest BCUT2D eigenvalue weighted by molar-refractivity contribution is 5.74. The van der Waals surface area contributed by atoms with Gasteiger partial charge in [-0.2, -0.15) is 4.98 Å². The van der Waals surface area contributed by atoms with Crippen LogP contribution in [0.25, 0.3) is 11.3 Å². The van der Waals surface area contributed by atoms with E-state index in [0.717, 1.165) is 42.0 Å². The van der Waals surface area contributed by atoms with Gasteiger partial charge >= 0.3 is 6.09 Å². The van der Waals surface area contributed by atoms with E-state index in [2.05, 4.69) is 54.4 Å². The van der Waals surface area contributed by atoms with Crippen molar-refractivity contribution in [2.75, 3.05) is 48.4 Å². The molecule has 2 saturated heterocycles. The maximum atomic E-state index is 12.2. The van der Waals surface area contributed by atoms with E-state index in [1.807, 2.05) is 0 Å². The Hall–Kier alpha value is -3.21. The summed E-state index contributed by atoms with van der Waals surface area (Å²) in [6.45, 7) is 13.8. The molecule has 11 nitrogen and oxygen atoms in total. The lowest BCUT2D eigenvalue weighted by Crippen LogP contribution is -2.60. The van der Waals surface area contributed by atoms with Crippen molar-refractivity contribution >= 4 is 23.8 Å². The molecule has 0 saturated carbocycles. The van der Waals surface area contributed by atoms with Crippen molar-refractivity contribution < 1.29 is 14.6 Å². The van der Waals surface area contributed by atoms with Gasteiger partial charge in [0.05, 0.1) is 36.5 Å². The molecule has 1 unspecified atom stereocenters. The number of carbonyl (C=O) groups is 1. The van der Waals surface area contributed by atoms with E-state index in [1.165, 1.54) is 0 Å². The number of hydrogen-bond donors (Lipinski definition) is 2. The molecule has 0 aliphatic carbocycles. The van der Waals surface area contributed by atoms with E-state index < -0.39 is 11.6 Å². The molecule has 194 valence electrons. The van der Waals surface area contributed by atoms with Crippen molar-refractivity contribution in [2.24, 2.45) is 5.41 Å². The molecule has 3 N–H and O–H groups in total. The lowest BCUT2D eigenvalue weighted by atomic mass is 9.74. The highest BCUT2D eigenvalue weighted by Gasteiger charge is 2.56. The second-order valence-corrected chi connectivity index (χ2v) is 11.4. The van der Waals surface area contributed by atoms with Crippen LogP contribution in [-0.4, -0.2) is 86.5 Å². The number of rotatable bonds is 3. The fourth-order valence-electron chi connectivity index (χ4n) is 6.43. The molecule has 2 fully saturated rings. The smallest absolute Gasteiger partial charge is 0.407 e. The lowest BCUT2D eigenvalue weighted by molar-refractivity contribution is 0.0843. The van der Waals surface area contributed by atoms with E-state index in [-0.39, 0.29) is 23.4 Å². The second-order valence-electron chi connectivity index (χ2n) is 11.4. The second kappa shape index (κ2) is 8.72. The first-order chi connectivity index (χ1) is 17.0. The Kier molecular flexibility index (Phi) is 5.93. The fourth-order valence-corrected chi connectivity index (χ4v) is 6.43. The largest absolute Gasteiger partial charge is 0.465 e. The van der Waals surface area contributed by atoms with Crippen LogP contribution in [0.1, 0.15) is 46.6 Å². The van der Waals surface area contributed by atoms with Crippen LogP contribution in [-0.2, 0) is 11.2 Å². The molecule has 5 rings (SSSR count). The van der Waals surface area contributed by atoms with Crippen molar-refractivity contribution in [3.05, 3.63) is 18.0 Å². The summed E-state index contributed by atoms with van der Waals surface area (Å²) in [6.07, 6.45) is 4.04. The van der Waals surface area contributed by atoms with Crippen molar-refractivity contribution in [1.29, 1.82) is 0 Å². The fraction of sp³-hybridized carbons (Fsp3) is 0.640. The van der Waals surface area contributed by atoms with E-state index in [1.54, 1.807) is 17.3 Å². The number of aromatic nitrogens is 4. The molecule has 0 bridgehead atoms. The topological polar surface area (TPSA) is 134 Å². The summed E-state index contributed by atoms with van der Waals surface area (Å²) in [4.78, 5) is 36.9. The molecular weight excluding hydrogens is 460 g/mol. The predicted molar refractivity (Wildman–Crippen MR) is 137 cm³/mol. The summed E-state index contributed by atoms with van der Waals surface area (Å²) in [7, 11) is 0. The lowest BCUT2D eigenvalue weighted by Gasteiger charge is -2.48. The molecule has 0 aromatic carbocycles. The maximum Gasteiger partial charge on any atom is 0.407 e. The van der Waals surface area contributed by atoms with Gasteiger partial charge in [0.15, 0.2) is 0 Å². The zero-order valence-corrected chi connectivity index (χ0v) is 21.7. The van der Waals surface area contributed by atoms with E-state index in [4.69, 9.17) is 20.4 Å². The van der Waals surface area contributed by atoms with Crippen LogP contribution in [0.3, 0.4) is 0 Å². The minimum Gasteiger partial charge on any atom is -0.465 e. The van der Waals surface area contributed by atoms with Crippen LogP contribution in [0.4, 0.5) is 22.5 Å². The summed E-state index contributed by atoms with van der Waals surface area (Å²) in [6, 6.07) is -0.0634. The Balaban J connectivity index is 1.65. The number of amides is 1. The standard InChI is InChI=1S/C25H36N8O3/c1-15-14-36-11-10-31(15)22-29-18(16-12-27-21(26)28-13-16)17-6-8-33(19(17)30-22)25(5)7-9-32(23(34)35)20(25)24(2,3)4/h12-13,15,20H,6-11,14H2,1-5H3,(H,34,35)(H2,26,27,28)/t15-,20?,25-/m0/s1. The molecule has 3 aliphatic rings. The van der Waals surface area contributed by atoms with Crippen molar-refractivity contribution in [2.45, 2.75) is 65.1 Å². The van der Waals surface area contributed by atoms with E-state index in [9.17, 15) is 9.90 Å². The Morgan fingerprint density at radius 3 is 2.56 bits per heavy atom. The molecule has 3 aliphatic heterocycles. The van der Waals surface area contributed by atoms with Gasteiger partial charge in [-0.1, -0.05) is 20.8 Å². The summed E-state index contributed by atoms with van der Waals surface area (Å²) < 4.78 is 5.66. The van der Waals surface area contributed by atoms with Crippen molar-refractivity contribution in [3.63, 3.8) is 0 Å². The monoisotopic (exact) mass is 496 g/mol. The van der Waals surface area contributed by atoms with Crippen LogP contribution >= 0.6 is 0 Å². The minimum absolute atomic E-state index is 0.133. The summed E-state index contributed by atoms with van der Waals surface area (Å²) in [5.74, 6) is 1.73. The Morgan fingerprint density at radius 2 is 1.92 bits per heavy atom. The maximum absolute atomic E-state index is 12.2. The Bertz CT molecular complexity index is 1150. The minimum atomic E-state index is -0.872. The molecule has 1 amide bonds. The number of ether oxygens (including phenoxy) is 1. The number of anilines is 3. The third-order valence-electron chi connectivity index (χ3n) is 7.83. The van der Waals surface area contributed by atoms with Gasteiger partial charge in [-0.15, -0.1) is 0 Å². The predicted octanol–water partition coefficient (Wildman–Crippen LogP) is 2.66. The average molecular weight is 497 g/mol. The normalized spacial score (nSPS) is 26.4. The number of carboxylic acid groups (broad SMARTS) is 1. The zero-order valence-electron chi connectivity index (χ0n) is 21.7. The summed E-state index contributed by atoms with van der Waals surface area (Å²) >= 11 is 0. The summed E-state index contributed by atoms with van der Waals surface area (Å²) in [5.41, 5.74) is 7.73. The van der Waals surface area contributed by atoms with E-state index >= 15 is 0 Å². The first-order valence-corrected chi connectivity index (χ1v) is 12.6. The number of nitrogens with two attached hydrogens (primary N) is 1. The third-order valence-corrected chi connectivity index (χ3v) is 7.83. The Labute approximate surface area is 211 Å². The number of fused-ring (bicyclic) bond motifs is 1. The van der Waals surface area contributed by atoms with Gasteiger partial charge in [0.25, 0.3) is 0 Å². The van der Waals surface area contributed by atoms with Crippen LogP contribution in [0, 0.1) is 5.41 Å². The number of morpholine rings is 1. The quantitative estimate of drug-likeness (QED) is 0.653. The number of nitrogens with zero attached hydrogens (tertiary/aromatic N) is 7. The van der Waals surface area contributed by atoms with E-state index in [0.29, 0.717) is 32.3 Å². The van der Waals surface area contributed by atoms with Crippen molar-refractivity contribution in [3.8, 4) is 11.3 Å². The van der Waals surface area contributed by atoms with Crippen molar-refractivity contribution in [1.82, 2.24) is 24.8 Å². The van der Waals surface area contributed by atoms with Gasteiger partial charge in [0.1, 0.15) is 5.82 Å².